The maximum atomic E-state index is 11.8. The Balaban J connectivity index is 2.12. The molecule has 1 aliphatic rings. The van der Waals surface area contributed by atoms with Gasteiger partial charge in [0, 0.05) is 19.6 Å². The Labute approximate surface area is 100 Å². The van der Waals surface area contributed by atoms with Crippen molar-refractivity contribution in [1.82, 2.24) is 20.2 Å². The van der Waals surface area contributed by atoms with E-state index in [0.717, 1.165) is 12.2 Å². The molecule has 3 N–H and O–H groups in total. The molecular weight excluding hydrogens is 218 g/mol. The first-order chi connectivity index (χ1) is 8.00. The summed E-state index contributed by atoms with van der Waals surface area (Å²) in [5, 5.41) is 2.86. The van der Waals surface area contributed by atoms with Gasteiger partial charge in [0.15, 0.2) is 0 Å². The smallest absolute Gasteiger partial charge is 0.240 e. The number of anilines is 1. The third-order valence-electron chi connectivity index (χ3n) is 3.09. The van der Waals surface area contributed by atoms with E-state index >= 15 is 0 Å². The zero-order valence-corrected chi connectivity index (χ0v) is 10.1. The SMILES string of the molecule is CC1(C)C(=O)NCCN1Cc1cnc(N)cn1. The van der Waals surface area contributed by atoms with Crippen LogP contribution >= 0.6 is 0 Å². The largest absolute Gasteiger partial charge is 0.382 e. The lowest BCUT2D eigenvalue weighted by Gasteiger charge is -2.40. The molecule has 1 amide bonds. The molecule has 2 rings (SSSR count). The van der Waals surface area contributed by atoms with Crippen molar-refractivity contribution in [3.05, 3.63) is 18.1 Å². The van der Waals surface area contributed by atoms with Gasteiger partial charge in [-0.1, -0.05) is 0 Å². The van der Waals surface area contributed by atoms with Crippen LogP contribution in [0.3, 0.4) is 0 Å². The number of amides is 1. The number of carbonyl (C=O) groups is 1. The van der Waals surface area contributed by atoms with Crippen molar-refractivity contribution < 1.29 is 4.79 Å². The number of nitrogens with zero attached hydrogens (tertiary/aromatic N) is 3. The molecule has 0 atom stereocenters. The van der Waals surface area contributed by atoms with Crippen LogP contribution in [0.4, 0.5) is 5.82 Å². The lowest BCUT2D eigenvalue weighted by molar-refractivity contribution is -0.135. The van der Waals surface area contributed by atoms with Crippen molar-refractivity contribution in [3.8, 4) is 0 Å². The summed E-state index contributed by atoms with van der Waals surface area (Å²) in [6.07, 6.45) is 3.18. The first-order valence-corrected chi connectivity index (χ1v) is 5.60. The second-order valence-corrected chi connectivity index (χ2v) is 4.67. The van der Waals surface area contributed by atoms with Crippen LogP contribution in [0.2, 0.25) is 0 Å². The highest BCUT2D eigenvalue weighted by Gasteiger charge is 2.37. The summed E-state index contributed by atoms with van der Waals surface area (Å²) in [7, 11) is 0. The fraction of sp³-hybridized carbons (Fsp3) is 0.545. The zero-order valence-electron chi connectivity index (χ0n) is 10.1. The lowest BCUT2D eigenvalue weighted by Crippen LogP contribution is -2.61. The average molecular weight is 235 g/mol. The standard InChI is InChI=1S/C11H17N5O/c1-11(2)10(17)13-3-4-16(11)7-8-5-15-9(12)6-14-8/h5-6H,3-4,7H2,1-2H3,(H2,12,15)(H,13,17). The molecule has 0 spiro atoms. The molecule has 6 heteroatoms. The number of nitrogens with two attached hydrogens (primary N) is 1. The Morgan fingerprint density at radius 3 is 2.88 bits per heavy atom. The van der Waals surface area contributed by atoms with Crippen LogP contribution in [-0.2, 0) is 11.3 Å². The second kappa shape index (κ2) is 4.29. The van der Waals surface area contributed by atoms with E-state index < -0.39 is 5.54 Å². The molecule has 6 nitrogen and oxygen atoms in total. The summed E-state index contributed by atoms with van der Waals surface area (Å²) in [4.78, 5) is 22.1. The summed E-state index contributed by atoms with van der Waals surface area (Å²) in [6.45, 7) is 5.90. The van der Waals surface area contributed by atoms with Crippen molar-refractivity contribution in [1.29, 1.82) is 0 Å². The fourth-order valence-corrected chi connectivity index (χ4v) is 1.86. The molecule has 0 unspecified atom stereocenters. The predicted molar refractivity (Wildman–Crippen MR) is 63.9 cm³/mol. The Morgan fingerprint density at radius 1 is 1.47 bits per heavy atom. The summed E-state index contributed by atoms with van der Waals surface area (Å²) in [6, 6.07) is 0. The van der Waals surface area contributed by atoms with E-state index in [1.807, 2.05) is 13.8 Å². The van der Waals surface area contributed by atoms with Crippen LogP contribution in [0.25, 0.3) is 0 Å². The molecule has 92 valence electrons. The van der Waals surface area contributed by atoms with Crippen molar-refractivity contribution in [2.24, 2.45) is 0 Å². The van der Waals surface area contributed by atoms with Crippen molar-refractivity contribution in [3.63, 3.8) is 0 Å². The minimum Gasteiger partial charge on any atom is -0.382 e. The molecule has 2 heterocycles. The number of nitrogen functional groups attached to an aromatic ring is 1. The molecule has 17 heavy (non-hydrogen) atoms. The maximum Gasteiger partial charge on any atom is 0.240 e. The van der Waals surface area contributed by atoms with Gasteiger partial charge < -0.3 is 11.1 Å². The van der Waals surface area contributed by atoms with Gasteiger partial charge >= 0.3 is 0 Å². The number of hydrogen-bond acceptors (Lipinski definition) is 5. The van der Waals surface area contributed by atoms with Gasteiger partial charge in [0.2, 0.25) is 5.91 Å². The van der Waals surface area contributed by atoms with E-state index in [2.05, 4.69) is 20.2 Å². The normalized spacial score (nSPS) is 20.0. The first-order valence-electron chi connectivity index (χ1n) is 5.60. The molecule has 1 aromatic rings. The maximum absolute atomic E-state index is 11.8. The van der Waals surface area contributed by atoms with Gasteiger partial charge in [-0.2, -0.15) is 0 Å². The van der Waals surface area contributed by atoms with E-state index in [9.17, 15) is 4.79 Å². The molecule has 1 aliphatic heterocycles. The Kier molecular flexibility index (Phi) is 2.97. The van der Waals surface area contributed by atoms with Gasteiger partial charge in [-0.25, -0.2) is 4.98 Å². The molecule has 0 aliphatic carbocycles. The van der Waals surface area contributed by atoms with E-state index in [0.29, 0.717) is 18.9 Å². The van der Waals surface area contributed by atoms with E-state index in [1.165, 1.54) is 6.20 Å². The van der Waals surface area contributed by atoms with Crippen LogP contribution in [-0.4, -0.2) is 39.4 Å². The van der Waals surface area contributed by atoms with Gasteiger partial charge in [-0.3, -0.25) is 14.7 Å². The molecule has 0 aromatic carbocycles. The van der Waals surface area contributed by atoms with Gasteiger partial charge in [-0.15, -0.1) is 0 Å². The van der Waals surface area contributed by atoms with Gasteiger partial charge in [0.1, 0.15) is 5.82 Å². The minimum absolute atomic E-state index is 0.0483. The number of piperazine rings is 1. The number of carbonyl (C=O) groups excluding carboxylic acids is 1. The second-order valence-electron chi connectivity index (χ2n) is 4.67. The highest BCUT2D eigenvalue weighted by Crippen LogP contribution is 2.19. The number of aromatic nitrogens is 2. The van der Waals surface area contributed by atoms with E-state index in [4.69, 9.17) is 5.73 Å². The Bertz CT molecular complexity index is 414. The number of hydrogen-bond donors (Lipinski definition) is 2. The van der Waals surface area contributed by atoms with Crippen LogP contribution in [0.1, 0.15) is 19.5 Å². The Morgan fingerprint density at radius 2 is 2.24 bits per heavy atom. The molecular formula is C11H17N5O. The summed E-state index contributed by atoms with van der Waals surface area (Å²) in [5.41, 5.74) is 5.79. The van der Waals surface area contributed by atoms with Crippen LogP contribution < -0.4 is 11.1 Å². The van der Waals surface area contributed by atoms with Gasteiger partial charge in [0.05, 0.1) is 23.6 Å². The van der Waals surface area contributed by atoms with Crippen molar-refractivity contribution in [2.45, 2.75) is 25.9 Å². The first kappa shape index (κ1) is 11.8. The molecule has 1 saturated heterocycles. The highest BCUT2D eigenvalue weighted by molar-refractivity contribution is 5.86. The monoisotopic (exact) mass is 235 g/mol. The van der Waals surface area contributed by atoms with Crippen LogP contribution in [0, 0.1) is 0 Å². The van der Waals surface area contributed by atoms with Crippen LogP contribution in [0.5, 0.6) is 0 Å². The third kappa shape index (κ3) is 2.36. The molecule has 1 aromatic heterocycles. The van der Waals surface area contributed by atoms with Crippen molar-refractivity contribution >= 4 is 11.7 Å². The zero-order chi connectivity index (χ0) is 12.5. The predicted octanol–water partition coefficient (Wildman–Crippen LogP) is -0.231. The van der Waals surface area contributed by atoms with Gasteiger partial charge in [0.25, 0.3) is 0 Å². The number of nitrogens with one attached hydrogen (secondary N) is 1. The Hall–Kier alpha value is -1.69. The fourth-order valence-electron chi connectivity index (χ4n) is 1.86. The molecule has 0 saturated carbocycles. The minimum atomic E-state index is -0.513. The van der Waals surface area contributed by atoms with Gasteiger partial charge in [-0.05, 0) is 13.8 Å². The number of rotatable bonds is 2. The molecule has 1 fully saturated rings. The van der Waals surface area contributed by atoms with Crippen molar-refractivity contribution in [2.75, 3.05) is 18.8 Å². The quantitative estimate of drug-likeness (QED) is 0.739. The summed E-state index contributed by atoms with van der Waals surface area (Å²) >= 11 is 0. The van der Waals surface area contributed by atoms with E-state index in [1.54, 1.807) is 6.20 Å². The third-order valence-corrected chi connectivity index (χ3v) is 3.09. The molecule has 0 radical (unpaired) electrons. The van der Waals surface area contributed by atoms with E-state index in [-0.39, 0.29) is 5.91 Å². The topological polar surface area (TPSA) is 84.1 Å². The lowest BCUT2D eigenvalue weighted by atomic mass is 9.99. The average Bonchev–Trinajstić information content (AvgIpc) is 2.28. The highest BCUT2D eigenvalue weighted by atomic mass is 16.2. The summed E-state index contributed by atoms with van der Waals surface area (Å²) in [5.74, 6) is 0.455. The molecule has 0 bridgehead atoms. The summed E-state index contributed by atoms with van der Waals surface area (Å²) < 4.78 is 0. The van der Waals surface area contributed by atoms with Crippen LogP contribution in [0.15, 0.2) is 12.4 Å².